The van der Waals surface area contributed by atoms with E-state index in [0.29, 0.717) is 13.2 Å². The van der Waals surface area contributed by atoms with Gasteiger partial charge in [0.1, 0.15) is 0 Å². The average Bonchev–Trinajstić information content (AvgIpc) is 2.48. The van der Waals surface area contributed by atoms with Gasteiger partial charge in [-0.25, -0.2) is 0 Å². The predicted molar refractivity (Wildman–Crippen MR) is 88.0 cm³/mol. The van der Waals surface area contributed by atoms with Crippen LogP contribution in [0.4, 0.5) is 0 Å². The van der Waals surface area contributed by atoms with Crippen LogP contribution in [0.5, 0.6) is 0 Å². The first-order valence-electron chi connectivity index (χ1n) is 8.38. The Labute approximate surface area is 131 Å². The van der Waals surface area contributed by atoms with Gasteiger partial charge in [-0.1, -0.05) is 27.2 Å². The lowest BCUT2D eigenvalue weighted by molar-refractivity contribution is 0.0344. The van der Waals surface area contributed by atoms with E-state index >= 15 is 0 Å². The summed E-state index contributed by atoms with van der Waals surface area (Å²) in [6.45, 7) is 15.9. The van der Waals surface area contributed by atoms with Crippen molar-refractivity contribution in [1.82, 2.24) is 9.80 Å². The summed E-state index contributed by atoms with van der Waals surface area (Å²) in [6, 6.07) is 0. The first-order chi connectivity index (χ1) is 10.2. The summed E-state index contributed by atoms with van der Waals surface area (Å²) in [6.07, 6.45) is 1.25. The van der Waals surface area contributed by atoms with Gasteiger partial charge in [0, 0.05) is 26.2 Å². The van der Waals surface area contributed by atoms with Crippen LogP contribution in [-0.4, -0.2) is 89.2 Å². The molecular weight excluding hydrogens is 268 g/mol. The molecule has 5 heteroatoms. The fourth-order valence-electron chi connectivity index (χ4n) is 1.79. The molecule has 0 saturated carbocycles. The predicted octanol–water partition coefficient (Wildman–Crippen LogP) is 1.72. The average molecular weight is 304 g/mol. The van der Waals surface area contributed by atoms with E-state index in [-0.39, 0.29) is 0 Å². The fourth-order valence-corrected chi connectivity index (χ4v) is 1.79. The van der Waals surface area contributed by atoms with Crippen LogP contribution in [0, 0.1) is 0 Å². The molecule has 128 valence electrons. The highest BCUT2D eigenvalue weighted by molar-refractivity contribution is 4.55. The van der Waals surface area contributed by atoms with Gasteiger partial charge >= 0.3 is 0 Å². The molecule has 0 aromatic rings. The number of ether oxygens (including phenoxy) is 3. The second-order valence-electron chi connectivity index (χ2n) is 5.28. The van der Waals surface area contributed by atoms with Crippen LogP contribution in [0.15, 0.2) is 0 Å². The van der Waals surface area contributed by atoms with Crippen molar-refractivity contribution in [3.8, 4) is 0 Å². The van der Waals surface area contributed by atoms with E-state index in [0.717, 1.165) is 59.2 Å². The molecular formula is C16H36N2O3. The molecule has 0 unspecified atom stereocenters. The molecule has 0 aromatic heterocycles. The van der Waals surface area contributed by atoms with Gasteiger partial charge in [-0.3, -0.25) is 4.90 Å². The van der Waals surface area contributed by atoms with Crippen molar-refractivity contribution in [1.29, 1.82) is 0 Å². The Morgan fingerprint density at radius 1 is 0.667 bits per heavy atom. The van der Waals surface area contributed by atoms with Gasteiger partial charge in [-0.15, -0.1) is 0 Å². The molecule has 1 rings (SSSR count). The Kier molecular flexibility index (Phi) is 16.0. The van der Waals surface area contributed by atoms with Crippen molar-refractivity contribution in [3.05, 3.63) is 0 Å². The number of rotatable bonds is 1. The zero-order chi connectivity index (χ0) is 15.8. The van der Waals surface area contributed by atoms with E-state index in [1.807, 2.05) is 0 Å². The summed E-state index contributed by atoms with van der Waals surface area (Å²) in [5.74, 6) is 0. The van der Waals surface area contributed by atoms with Gasteiger partial charge in [0.15, 0.2) is 0 Å². The minimum absolute atomic E-state index is 0.691. The van der Waals surface area contributed by atoms with Gasteiger partial charge in [-0.05, 0) is 13.6 Å². The largest absolute Gasteiger partial charge is 0.379 e. The monoisotopic (exact) mass is 304 g/mol. The molecule has 0 aliphatic carbocycles. The second kappa shape index (κ2) is 16.2. The molecule has 0 aromatic carbocycles. The smallest absolute Gasteiger partial charge is 0.0701 e. The van der Waals surface area contributed by atoms with Crippen LogP contribution >= 0.6 is 0 Å². The van der Waals surface area contributed by atoms with Crippen molar-refractivity contribution >= 4 is 0 Å². The van der Waals surface area contributed by atoms with Crippen LogP contribution in [0.25, 0.3) is 0 Å². The van der Waals surface area contributed by atoms with E-state index in [9.17, 15) is 0 Å². The zero-order valence-corrected chi connectivity index (χ0v) is 14.6. The van der Waals surface area contributed by atoms with E-state index < -0.39 is 0 Å². The second-order valence-corrected chi connectivity index (χ2v) is 5.28. The molecule has 0 amide bonds. The number of nitrogens with zero attached hydrogens (tertiary/aromatic N) is 2. The van der Waals surface area contributed by atoms with Crippen LogP contribution in [0.1, 0.15) is 27.2 Å². The van der Waals surface area contributed by atoms with Crippen LogP contribution in [0.2, 0.25) is 0 Å². The molecule has 0 bridgehead atoms. The van der Waals surface area contributed by atoms with Crippen molar-refractivity contribution in [2.75, 3.05) is 79.4 Å². The fraction of sp³-hybridized carbons (Fsp3) is 1.00. The minimum atomic E-state index is 0.691. The van der Waals surface area contributed by atoms with E-state index in [2.05, 4.69) is 37.6 Å². The lowest BCUT2D eigenvalue weighted by atomic mass is 10.4. The number of likely N-dealkylation sites (N-methyl/N-ethyl adjacent to an activating group) is 2. The van der Waals surface area contributed by atoms with E-state index in [1.165, 1.54) is 6.42 Å². The lowest BCUT2D eigenvalue weighted by Gasteiger charge is -2.20. The zero-order valence-electron chi connectivity index (χ0n) is 14.6. The summed E-state index contributed by atoms with van der Waals surface area (Å²) in [7, 11) is 2.10. The van der Waals surface area contributed by atoms with Gasteiger partial charge in [-0.2, -0.15) is 0 Å². The summed E-state index contributed by atoms with van der Waals surface area (Å²) in [5.41, 5.74) is 0. The van der Waals surface area contributed by atoms with Gasteiger partial charge in [0.25, 0.3) is 0 Å². The van der Waals surface area contributed by atoms with Crippen molar-refractivity contribution in [2.45, 2.75) is 27.2 Å². The molecule has 1 fully saturated rings. The summed E-state index contributed by atoms with van der Waals surface area (Å²) < 4.78 is 16.7. The summed E-state index contributed by atoms with van der Waals surface area (Å²) in [4.78, 5) is 4.59. The third-order valence-electron chi connectivity index (χ3n) is 3.16. The van der Waals surface area contributed by atoms with Crippen LogP contribution in [-0.2, 0) is 14.2 Å². The molecule has 5 nitrogen and oxygen atoms in total. The Morgan fingerprint density at radius 2 is 1.05 bits per heavy atom. The Hall–Kier alpha value is -0.200. The van der Waals surface area contributed by atoms with Crippen LogP contribution < -0.4 is 0 Å². The summed E-state index contributed by atoms with van der Waals surface area (Å²) in [5, 5.41) is 0. The standard InChI is InChI=1S/C13H28N2O3.C3H8/c1-3-15-6-10-16-8-4-14(2)5-9-17-12-13-18-11-7-15;1-3-2/h3-13H2,1-2H3;3H2,1-2H3. The molecule has 1 aliphatic rings. The molecule has 0 spiro atoms. The van der Waals surface area contributed by atoms with E-state index in [1.54, 1.807) is 0 Å². The quantitative estimate of drug-likeness (QED) is 0.737. The Morgan fingerprint density at radius 3 is 1.48 bits per heavy atom. The normalized spacial score (nSPS) is 21.7. The van der Waals surface area contributed by atoms with Crippen molar-refractivity contribution < 1.29 is 14.2 Å². The van der Waals surface area contributed by atoms with Crippen LogP contribution in [0.3, 0.4) is 0 Å². The topological polar surface area (TPSA) is 34.2 Å². The maximum absolute atomic E-state index is 5.65. The maximum atomic E-state index is 5.65. The molecule has 0 N–H and O–H groups in total. The van der Waals surface area contributed by atoms with Gasteiger partial charge < -0.3 is 19.1 Å². The maximum Gasteiger partial charge on any atom is 0.0701 e. The molecule has 0 atom stereocenters. The first-order valence-corrected chi connectivity index (χ1v) is 8.38. The molecule has 1 aliphatic heterocycles. The third-order valence-corrected chi connectivity index (χ3v) is 3.16. The Balaban J connectivity index is 0.00000122. The van der Waals surface area contributed by atoms with Gasteiger partial charge in [0.05, 0.1) is 39.6 Å². The van der Waals surface area contributed by atoms with E-state index in [4.69, 9.17) is 14.2 Å². The van der Waals surface area contributed by atoms with Crippen molar-refractivity contribution in [3.63, 3.8) is 0 Å². The SMILES string of the molecule is CCC.CCN1CCOCCOCCN(C)CCOCC1. The third kappa shape index (κ3) is 14.5. The lowest BCUT2D eigenvalue weighted by Crippen LogP contribution is -2.32. The highest BCUT2D eigenvalue weighted by Gasteiger charge is 2.04. The minimum Gasteiger partial charge on any atom is -0.379 e. The molecule has 21 heavy (non-hydrogen) atoms. The highest BCUT2D eigenvalue weighted by Crippen LogP contribution is 1.92. The molecule has 1 saturated heterocycles. The molecule has 1 heterocycles. The Bertz CT molecular complexity index is 206. The first kappa shape index (κ1) is 20.8. The number of hydrogen-bond donors (Lipinski definition) is 0. The number of hydrogen-bond acceptors (Lipinski definition) is 5. The van der Waals surface area contributed by atoms with Gasteiger partial charge in [0.2, 0.25) is 0 Å². The van der Waals surface area contributed by atoms with Crippen molar-refractivity contribution in [2.24, 2.45) is 0 Å². The molecule has 0 radical (unpaired) electrons. The highest BCUT2D eigenvalue weighted by atomic mass is 16.5. The summed E-state index contributed by atoms with van der Waals surface area (Å²) >= 11 is 0.